The van der Waals surface area contributed by atoms with Gasteiger partial charge in [0.1, 0.15) is 17.4 Å². The van der Waals surface area contributed by atoms with Crippen LogP contribution in [-0.2, 0) is 9.53 Å². The van der Waals surface area contributed by atoms with Gasteiger partial charge < -0.3 is 14.4 Å². The second-order valence-corrected chi connectivity index (χ2v) is 6.30. The van der Waals surface area contributed by atoms with E-state index in [-0.39, 0.29) is 17.7 Å². The van der Waals surface area contributed by atoms with E-state index in [0.29, 0.717) is 31.9 Å². The highest BCUT2D eigenvalue weighted by Gasteiger charge is 2.27. The number of hydrogen-bond acceptors (Lipinski definition) is 5. The van der Waals surface area contributed by atoms with Crippen molar-refractivity contribution >= 4 is 11.8 Å². The third kappa shape index (κ3) is 5.18. The second kappa shape index (κ2) is 9.17. The summed E-state index contributed by atoms with van der Waals surface area (Å²) in [5, 5.41) is 0. The smallest absolute Gasteiger partial charge is 0.310 e. The first-order valence-corrected chi connectivity index (χ1v) is 8.93. The zero-order chi connectivity index (χ0) is 18.2. The number of benzene rings is 1. The van der Waals surface area contributed by atoms with Crippen LogP contribution in [0.15, 0.2) is 48.7 Å². The van der Waals surface area contributed by atoms with Crippen molar-refractivity contribution in [2.75, 3.05) is 31.2 Å². The largest absolute Gasteiger partial charge is 0.493 e. The van der Waals surface area contributed by atoms with Crippen LogP contribution >= 0.6 is 0 Å². The molecule has 0 radical (unpaired) electrons. The van der Waals surface area contributed by atoms with Gasteiger partial charge in [-0.1, -0.05) is 6.07 Å². The third-order valence-electron chi connectivity index (χ3n) is 4.34. The SMILES string of the molecule is O=C(OCCCOc1ccc(F)cc1)[C@H]1CCCN(c2ccccn2)C1. The Labute approximate surface area is 152 Å². The number of anilines is 1. The number of ether oxygens (including phenoxy) is 2. The average molecular weight is 358 g/mol. The van der Waals surface area contributed by atoms with Gasteiger partial charge >= 0.3 is 5.97 Å². The molecule has 0 saturated carbocycles. The molecule has 1 aromatic carbocycles. The predicted molar refractivity (Wildman–Crippen MR) is 96.6 cm³/mol. The fourth-order valence-electron chi connectivity index (χ4n) is 2.99. The topological polar surface area (TPSA) is 51.7 Å². The van der Waals surface area contributed by atoms with Gasteiger partial charge in [-0.15, -0.1) is 0 Å². The molecule has 6 heteroatoms. The van der Waals surface area contributed by atoms with Crippen LogP contribution in [0.1, 0.15) is 19.3 Å². The lowest BCUT2D eigenvalue weighted by molar-refractivity contribution is -0.149. The lowest BCUT2D eigenvalue weighted by Crippen LogP contribution is -2.39. The molecule has 1 aliphatic heterocycles. The summed E-state index contributed by atoms with van der Waals surface area (Å²) in [6, 6.07) is 11.7. The van der Waals surface area contributed by atoms with E-state index in [1.54, 1.807) is 18.3 Å². The van der Waals surface area contributed by atoms with Crippen LogP contribution in [-0.4, -0.2) is 37.3 Å². The van der Waals surface area contributed by atoms with Gasteiger partial charge in [0.2, 0.25) is 0 Å². The Morgan fingerprint density at radius 1 is 1.19 bits per heavy atom. The molecular formula is C20H23FN2O3. The molecule has 0 amide bonds. The number of pyridine rings is 1. The normalized spacial score (nSPS) is 17.0. The van der Waals surface area contributed by atoms with E-state index >= 15 is 0 Å². The number of halogens is 1. The highest BCUT2D eigenvalue weighted by molar-refractivity contribution is 5.73. The molecular weight excluding hydrogens is 335 g/mol. The molecule has 2 heterocycles. The van der Waals surface area contributed by atoms with Gasteiger partial charge in [0, 0.05) is 25.7 Å². The Bertz CT molecular complexity index is 694. The molecule has 1 aliphatic rings. The van der Waals surface area contributed by atoms with Crippen molar-refractivity contribution in [1.82, 2.24) is 4.98 Å². The Hall–Kier alpha value is -2.63. The summed E-state index contributed by atoms with van der Waals surface area (Å²) in [6.45, 7) is 2.29. The first-order chi connectivity index (χ1) is 12.7. The summed E-state index contributed by atoms with van der Waals surface area (Å²) in [5.41, 5.74) is 0. The van der Waals surface area contributed by atoms with Gasteiger partial charge in [-0.25, -0.2) is 9.37 Å². The first-order valence-electron chi connectivity index (χ1n) is 8.93. The molecule has 3 rings (SSSR count). The standard InChI is InChI=1S/C20H23FN2O3/c21-17-7-9-18(10-8-17)25-13-4-14-26-20(24)16-5-3-12-23(15-16)19-6-1-2-11-22-19/h1-2,6-11,16H,3-5,12-15H2/t16-/m0/s1. The number of hydrogen-bond donors (Lipinski definition) is 0. The highest BCUT2D eigenvalue weighted by atomic mass is 19.1. The molecule has 2 aromatic rings. The minimum absolute atomic E-state index is 0.122. The predicted octanol–water partition coefficient (Wildman–Crippen LogP) is 3.45. The maximum absolute atomic E-state index is 12.8. The monoisotopic (exact) mass is 358 g/mol. The van der Waals surface area contributed by atoms with E-state index in [4.69, 9.17) is 9.47 Å². The van der Waals surface area contributed by atoms with E-state index in [9.17, 15) is 9.18 Å². The van der Waals surface area contributed by atoms with Gasteiger partial charge in [0.25, 0.3) is 0 Å². The van der Waals surface area contributed by atoms with Gasteiger partial charge in [0.05, 0.1) is 19.1 Å². The zero-order valence-electron chi connectivity index (χ0n) is 14.6. The number of aromatic nitrogens is 1. The third-order valence-corrected chi connectivity index (χ3v) is 4.34. The number of nitrogens with zero attached hydrogens (tertiary/aromatic N) is 2. The van der Waals surface area contributed by atoms with E-state index in [1.807, 2.05) is 18.2 Å². The summed E-state index contributed by atoms with van der Waals surface area (Å²) in [5.74, 6) is 0.934. The van der Waals surface area contributed by atoms with E-state index in [2.05, 4.69) is 9.88 Å². The number of carbonyl (C=O) groups is 1. The summed E-state index contributed by atoms with van der Waals surface area (Å²) >= 11 is 0. The van der Waals surface area contributed by atoms with Crippen LogP contribution in [0, 0.1) is 11.7 Å². The molecule has 0 unspecified atom stereocenters. The minimum Gasteiger partial charge on any atom is -0.493 e. The average Bonchev–Trinajstić information content (AvgIpc) is 2.70. The first kappa shape index (κ1) is 18.2. The molecule has 138 valence electrons. The quantitative estimate of drug-likeness (QED) is 0.560. The number of rotatable bonds is 7. The number of piperidine rings is 1. The Morgan fingerprint density at radius 3 is 2.81 bits per heavy atom. The molecule has 26 heavy (non-hydrogen) atoms. The fourth-order valence-corrected chi connectivity index (χ4v) is 2.99. The van der Waals surface area contributed by atoms with Crippen molar-refractivity contribution in [2.24, 2.45) is 5.92 Å². The van der Waals surface area contributed by atoms with Crippen LogP contribution in [0.4, 0.5) is 10.2 Å². The molecule has 0 spiro atoms. The molecule has 1 fully saturated rings. The summed E-state index contributed by atoms with van der Waals surface area (Å²) in [7, 11) is 0. The summed E-state index contributed by atoms with van der Waals surface area (Å²) in [6.07, 6.45) is 4.15. The molecule has 1 saturated heterocycles. The van der Waals surface area contributed by atoms with Crippen molar-refractivity contribution < 1.29 is 18.7 Å². The van der Waals surface area contributed by atoms with Crippen LogP contribution < -0.4 is 9.64 Å². The van der Waals surface area contributed by atoms with Crippen molar-refractivity contribution in [3.8, 4) is 5.75 Å². The summed E-state index contributed by atoms with van der Waals surface area (Å²) in [4.78, 5) is 18.8. The molecule has 0 N–H and O–H groups in total. The van der Waals surface area contributed by atoms with Crippen molar-refractivity contribution in [2.45, 2.75) is 19.3 Å². The molecule has 1 atom stereocenters. The van der Waals surface area contributed by atoms with Gasteiger partial charge in [-0.05, 0) is 49.2 Å². The molecule has 0 aliphatic carbocycles. The second-order valence-electron chi connectivity index (χ2n) is 6.30. The highest BCUT2D eigenvalue weighted by Crippen LogP contribution is 2.22. The fraction of sp³-hybridized carbons (Fsp3) is 0.400. The van der Waals surface area contributed by atoms with Crippen LogP contribution in [0.25, 0.3) is 0 Å². The van der Waals surface area contributed by atoms with Gasteiger partial charge in [-0.2, -0.15) is 0 Å². The van der Waals surface area contributed by atoms with Crippen molar-refractivity contribution in [1.29, 1.82) is 0 Å². The Morgan fingerprint density at radius 2 is 2.04 bits per heavy atom. The maximum atomic E-state index is 12.8. The van der Waals surface area contributed by atoms with Crippen molar-refractivity contribution in [3.63, 3.8) is 0 Å². The van der Waals surface area contributed by atoms with Crippen LogP contribution in [0.2, 0.25) is 0 Å². The van der Waals surface area contributed by atoms with E-state index in [0.717, 1.165) is 25.2 Å². The lowest BCUT2D eigenvalue weighted by atomic mass is 9.98. The molecule has 0 bridgehead atoms. The van der Waals surface area contributed by atoms with Crippen LogP contribution in [0.3, 0.4) is 0 Å². The minimum atomic E-state index is -0.293. The Kier molecular flexibility index (Phi) is 6.41. The van der Waals surface area contributed by atoms with Crippen molar-refractivity contribution in [3.05, 3.63) is 54.5 Å². The lowest BCUT2D eigenvalue weighted by Gasteiger charge is -2.32. The Balaban J connectivity index is 1.37. The van der Waals surface area contributed by atoms with Gasteiger partial charge in [0.15, 0.2) is 0 Å². The van der Waals surface area contributed by atoms with E-state index in [1.165, 1.54) is 12.1 Å². The number of carbonyl (C=O) groups excluding carboxylic acids is 1. The maximum Gasteiger partial charge on any atom is 0.310 e. The van der Waals surface area contributed by atoms with Crippen LogP contribution in [0.5, 0.6) is 5.75 Å². The number of esters is 1. The molecule has 5 nitrogen and oxygen atoms in total. The summed E-state index contributed by atoms with van der Waals surface area (Å²) < 4.78 is 23.7. The van der Waals surface area contributed by atoms with E-state index < -0.39 is 0 Å². The zero-order valence-corrected chi connectivity index (χ0v) is 14.6. The molecule has 1 aromatic heterocycles. The van der Waals surface area contributed by atoms with Gasteiger partial charge in [-0.3, -0.25) is 4.79 Å².